The molecule has 1 rings (SSSR count). The van der Waals surface area contributed by atoms with E-state index < -0.39 is 0 Å². The molecule has 0 aliphatic rings. The van der Waals surface area contributed by atoms with E-state index in [-0.39, 0.29) is 6.29 Å². The van der Waals surface area contributed by atoms with Crippen LogP contribution in [-0.4, -0.2) is 31.5 Å². The van der Waals surface area contributed by atoms with Crippen molar-refractivity contribution in [3.8, 4) is 0 Å². The summed E-state index contributed by atoms with van der Waals surface area (Å²) in [6, 6.07) is 8.41. The average molecular weight is 286 g/mol. The number of rotatable bonds is 9. The Labute approximate surface area is 119 Å². The van der Waals surface area contributed by atoms with E-state index in [0.717, 1.165) is 5.56 Å². The quantitative estimate of drug-likeness (QED) is 0.384. The number of methoxy groups -OCH3 is 2. The van der Waals surface area contributed by atoms with Crippen LogP contribution in [0.3, 0.4) is 0 Å². The van der Waals surface area contributed by atoms with E-state index in [1.54, 1.807) is 14.2 Å². The van der Waals surface area contributed by atoms with Crippen LogP contribution in [0.1, 0.15) is 25.2 Å². The van der Waals surface area contributed by atoms with Crippen LogP contribution in [0.2, 0.25) is 0 Å². The molecule has 0 aliphatic carbocycles. The summed E-state index contributed by atoms with van der Waals surface area (Å²) in [5.74, 6) is 3.66. The van der Waals surface area contributed by atoms with Gasteiger partial charge in [-0.2, -0.15) is 11.8 Å². The predicted molar refractivity (Wildman–Crippen MR) is 81.5 cm³/mol. The number of hydrogen-bond donors (Lipinski definition) is 0. The van der Waals surface area contributed by atoms with Gasteiger partial charge in [0.15, 0.2) is 6.29 Å². The molecule has 0 bridgehead atoms. The molecule has 0 N–H and O–H groups in total. The molecule has 0 aliphatic heterocycles. The van der Waals surface area contributed by atoms with Crippen molar-refractivity contribution in [1.82, 2.24) is 0 Å². The minimum absolute atomic E-state index is 0.259. The first-order chi connectivity index (χ1) is 8.81. The summed E-state index contributed by atoms with van der Waals surface area (Å²) < 4.78 is 10.4. The van der Waals surface area contributed by atoms with E-state index in [2.05, 4.69) is 31.2 Å². The first-order valence-corrected chi connectivity index (χ1v) is 8.32. The van der Waals surface area contributed by atoms with Gasteiger partial charge in [-0.15, -0.1) is 11.8 Å². The second-order valence-electron chi connectivity index (χ2n) is 3.77. The Hall–Kier alpha value is -0.160. The third kappa shape index (κ3) is 5.65. The number of ether oxygens (including phenoxy) is 2. The van der Waals surface area contributed by atoms with E-state index in [1.807, 2.05) is 23.5 Å². The first-order valence-electron chi connectivity index (χ1n) is 6.18. The fourth-order valence-corrected chi connectivity index (χ4v) is 3.26. The smallest absolute Gasteiger partial charge is 0.183 e. The Morgan fingerprint density at radius 2 is 1.72 bits per heavy atom. The van der Waals surface area contributed by atoms with Crippen LogP contribution in [0.5, 0.6) is 0 Å². The van der Waals surface area contributed by atoms with Gasteiger partial charge in [0.1, 0.15) is 0 Å². The number of benzene rings is 1. The Bertz CT molecular complexity index is 310. The summed E-state index contributed by atoms with van der Waals surface area (Å²) in [5, 5.41) is 0. The van der Waals surface area contributed by atoms with Gasteiger partial charge in [-0.3, -0.25) is 0 Å². The van der Waals surface area contributed by atoms with Crippen molar-refractivity contribution >= 4 is 23.5 Å². The van der Waals surface area contributed by atoms with Crippen LogP contribution < -0.4 is 0 Å². The van der Waals surface area contributed by atoms with Gasteiger partial charge in [0.25, 0.3) is 0 Å². The second kappa shape index (κ2) is 9.73. The van der Waals surface area contributed by atoms with Gasteiger partial charge in [-0.05, 0) is 35.8 Å². The lowest BCUT2D eigenvalue weighted by molar-refractivity contribution is -0.106. The van der Waals surface area contributed by atoms with Crippen molar-refractivity contribution in [2.45, 2.75) is 24.5 Å². The van der Waals surface area contributed by atoms with Crippen molar-refractivity contribution in [2.24, 2.45) is 0 Å². The molecule has 0 fully saturated rings. The molecule has 0 amide bonds. The van der Waals surface area contributed by atoms with Gasteiger partial charge in [0.2, 0.25) is 0 Å². The van der Waals surface area contributed by atoms with E-state index in [0.29, 0.717) is 0 Å². The summed E-state index contributed by atoms with van der Waals surface area (Å²) in [5.41, 5.74) is 1.06. The summed E-state index contributed by atoms with van der Waals surface area (Å²) in [4.78, 5) is 1.31. The van der Waals surface area contributed by atoms with Gasteiger partial charge in [0, 0.05) is 24.7 Å². The normalized spacial score (nSPS) is 11.1. The third-order valence-corrected chi connectivity index (χ3v) is 4.57. The Balaban J connectivity index is 2.35. The summed E-state index contributed by atoms with van der Waals surface area (Å²) in [6.07, 6.45) is 1.01. The van der Waals surface area contributed by atoms with Crippen molar-refractivity contribution in [3.05, 3.63) is 29.8 Å². The molecule has 4 heteroatoms. The highest BCUT2D eigenvalue weighted by molar-refractivity contribution is 8.00. The fraction of sp³-hybridized carbons (Fsp3) is 0.571. The summed E-state index contributed by atoms with van der Waals surface area (Å²) >= 11 is 3.92. The molecule has 1 aromatic carbocycles. The number of thioether (sulfide) groups is 2. The molecule has 18 heavy (non-hydrogen) atoms. The van der Waals surface area contributed by atoms with Gasteiger partial charge < -0.3 is 9.47 Å². The molecule has 2 nitrogen and oxygen atoms in total. The molecular formula is C14H22O2S2. The standard InChI is InChI=1S/C14H22O2S2/c1-4-17-10-5-11-18-13-8-6-12(7-9-13)14(15-2)16-3/h6-9,14H,4-5,10-11H2,1-3H3. The molecule has 0 unspecified atom stereocenters. The van der Waals surface area contributed by atoms with Crippen molar-refractivity contribution < 1.29 is 9.47 Å². The molecule has 0 radical (unpaired) electrons. The van der Waals surface area contributed by atoms with Gasteiger partial charge in [-0.25, -0.2) is 0 Å². The maximum absolute atomic E-state index is 5.22. The zero-order valence-corrected chi connectivity index (χ0v) is 13.0. The fourth-order valence-electron chi connectivity index (χ4n) is 1.58. The Morgan fingerprint density at radius 1 is 1.06 bits per heavy atom. The highest BCUT2D eigenvalue weighted by atomic mass is 32.2. The molecule has 0 spiro atoms. The lowest BCUT2D eigenvalue weighted by Gasteiger charge is -2.13. The zero-order valence-electron chi connectivity index (χ0n) is 11.3. The third-order valence-electron chi connectivity index (χ3n) is 2.49. The number of hydrogen-bond acceptors (Lipinski definition) is 4. The van der Waals surface area contributed by atoms with E-state index in [1.165, 1.54) is 28.6 Å². The maximum atomic E-state index is 5.22. The van der Waals surface area contributed by atoms with Crippen LogP contribution in [0.4, 0.5) is 0 Å². The Kier molecular flexibility index (Phi) is 8.59. The first kappa shape index (κ1) is 15.9. The topological polar surface area (TPSA) is 18.5 Å². The minimum Gasteiger partial charge on any atom is -0.352 e. The molecule has 102 valence electrons. The molecule has 1 aromatic rings. The van der Waals surface area contributed by atoms with Crippen LogP contribution in [0, 0.1) is 0 Å². The average Bonchev–Trinajstić information content (AvgIpc) is 2.41. The maximum Gasteiger partial charge on any atom is 0.183 e. The van der Waals surface area contributed by atoms with Crippen LogP contribution in [0.25, 0.3) is 0 Å². The second-order valence-corrected chi connectivity index (χ2v) is 6.33. The van der Waals surface area contributed by atoms with Crippen molar-refractivity contribution in [2.75, 3.05) is 31.5 Å². The van der Waals surface area contributed by atoms with E-state index in [4.69, 9.17) is 9.47 Å². The van der Waals surface area contributed by atoms with E-state index >= 15 is 0 Å². The SMILES string of the molecule is CCSCCCSc1ccc(C(OC)OC)cc1. The summed E-state index contributed by atoms with van der Waals surface area (Å²) in [7, 11) is 3.31. The van der Waals surface area contributed by atoms with Gasteiger partial charge >= 0.3 is 0 Å². The molecule has 0 saturated heterocycles. The molecule has 0 heterocycles. The van der Waals surface area contributed by atoms with Crippen molar-refractivity contribution in [1.29, 1.82) is 0 Å². The predicted octanol–water partition coefficient (Wildman–Crippen LogP) is 4.21. The van der Waals surface area contributed by atoms with Crippen LogP contribution in [0.15, 0.2) is 29.2 Å². The van der Waals surface area contributed by atoms with E-state index in [9.17, 15) is 0 Å². The monoisotopic (exact) mass is 286 g/mol. The molecule has 0 atom stereocenters. The zero-order chi connectivity index (χ0) is 13.2. The van der Waals surface area contributed by atoms with Crippen molar-refractivity contribution in [3.63, 3.8) is 0 Å². The minimum atomic E-state index is -0.259. The summed E-state index contributed by atoms with van der Waals surface area (Å²) in [6.45, 7) is 2.21. The molecule has 0 aromatic heterocycles. The highest BCUT2D eigenvalue weighted by Crippen LogP contribution is 2.23. The van der Waals surface area contributed by atoms with Crippen LogP contribution in [-0.2, 0) is 9.47 Å². The van der Waals surface area contributed by atoms with Gasteiger partial charge in [0.05, 0.1) is 0 Å². The lowest BCUT2D eigenvalue weighted by Crippen LogP contribution is -2.02. The lowest BCUT2D eigenvalue weighted by atomic mass is 10.2. The van der Waals surface area contributed by atoms with Gasteiger partial charge in [-0.1, -0.05) is 19.1 Å². The molecular weight excluding hydrogens is 264 g/mol. The Morgan fingerprint density at radius 3 is 2.28 bits per heavy atom. The molecule has 0 saturated carbocycles. The van der Waals surface area contributed by atoms with Crippen LogP contribution >= 0.6 is 23.5 Å². The largest absolute Gasteiger partial charge is 0.352 e. The highest BCUT2D eigenvalue weighted by Gasteiger charge is 2.07.